The molecule has 1 atom stereocenters. The van der Waals surface area contributed by atoms with E-state index in [1.54, 1.807) is 36.3 Å². The average Bonchev–Trinajstić information content (AvgIpc) is 3.42. The molecule has 1 saturated carbocycles. The summed E-state index contributed by atoms with van der Waals surface area (Å²) in [6.45, 7) is 1.93. The number of carbonyl (C=O) groups excluding carboxylic acids is 2. The molecule has 0 saturated heterocycles. The number of rotatable bonds is 6. The van der Waals surface area contributed by atoms with E-state index in [1.807, 2.05) is 14.0 Å². The number of hydrogen-bond donors (Lipinski definition) is 2. The molecule has 0 radical (unpaired) electrons. The van der Waals surface area contributed by atoms with Crippen LogP contribution in [-0.2, 0) is 18.9 Å². The summed E-state index contributed by atoms with van der Waals surface area (Å²) in [5, 5.41) is 13.6. The van der Waals surface area contributed by atoms with Crippen molar-refractivity contribution in [2.45, 2.75) is 44.8 Å². The Morgan fingerprint density at radius 3 is 2.28 bits per heavy atom. The van der Waals surface area contributed by atoms with Crippen LogP contribution in [-0.4, -0.2) is 48.6 Å². The van der Waals surface area contributed by atoms with Crippen molar-refractivity contribution in [3.63, 3.8) is 0 Å². The summed E-state index contributed by atoms with van der Waals surface area (Å²) in [4.78, 5) is 30.4. The lowest BCUT2D eigenvalue weighted by Gasteiger charge is -2.34. The molecule has 3 heterocycles. The summed E-state index contributed by atoms with van der Waals surface area (Å²) in [5.74, 6) is -2.62. The fraction of sp³-hybridized carbons (Fsp3) is 0.458. The van der Waals surface area contributed by atoms with Gasteiger partial charge in [0.05, 0.1) is 17.8 Å². The molecular weight excluding hydrogens is 475 g/mol. The Bertz CT molecular complexity index is 1210. The fourth-order valence-electron chi connectivity index (χ4n) is 4.76. The Balaban J connectivity index is 1.51. The summed E-state index contributed by atoms with van der Waals surface area (Å²) < 4.78 is 42.6. The highest BCUT2D eigenvalue weighted by Gasteiger charge is 2.44. The quantitative estimate of drug-likeness (QED) is 0.534. The van der Waals surface area contributed by atoms with Crippen molar-refractivity contribution < 1.29 is 22.8 Å². The minimum absolute atomic E-state index is 0.0868. The van der Waals surface area contributed by atoms with Gasteiger partial charge >= 0.3 is 6.18 Å². The maximum atomic E-state index is 13.3. The number of carbonyl (C=O) groups is 2. The van der Waals surface area contributed by atoms with E-state index in [-0.39, 0.29) is 37.2 Å². The van der Waals surface area contributed by atoms with Crippen molar-refractivity contribution in [1.29, 1.82) is 0 Å². The normalized spacial score (nSPS) is 19.1. The first-order chi connectivity index (χ1) is 17.0. The molecule has 1 unspecified atom stereocenters. The molecule has 3 aromatic rings. The van der Waals surface area contributed by atoms with Crippen LogP contribution < -0.4 is 10.6 Å². The Morgan fingerprint density at radius 1 is 1.03 bits per heavy atom. The number of alkyl halides is 3. The first kappa shape index (κ1) is 25.4. The highest BCUT2D eigenvalue weighted by molar-refractivity contribution is 6.00. The molecule has 9 nitrogen and oxygen atoms in total. The van der Waals surface area contributed by atoms with Gasteiger partial charge in [-0.2, -0.15) is 23.4 Å². The van der Waals surface area contributed by atoms with Crippen LogP contribution >= 0.6 is 0 Å². The maximum Gasteiger partial charge on any atom is 0.391 e. The number of nitrogens with one attached hydrogen (secondary N) is 2. The average molecular weight is 504 g/mol. The molecule has 192 valence electrons. The molecule has 0 aliphatic heterocycles. The van der Waals surface area contributed by atoms with Crippen molar-refractivity contribution in [3.8, 4) is 11.3 Å². The first-order valence-electron chi connectivity index (χ1n) is 11.7. The lowest BCUT2D eigenvalue weighted by molar-refractivity contribution is -0.184. The highest BCUT2D eigenvalue weighted by Crippen LogP contribution is 2.40. The standard InChI is InChI=1S/C24H28F3N7O2/c1-14-12-30-34(3)21(14)16-6-9-19(28-13-16)31-23(36)20(32-22(35)18-10-11-29-33(18)2)15-4-7-17(8-5-15)24(25,26)27/h6,9-13,15,17,20H,4-5,7-8H2,1-3H3,(H,32,35)(H,28,31,36)/t15-,17-,20?. The predicted molar refractivity (Wildman–Crippen MR) is 126 cm³/mol. The number of amides is 2. The minimum atomic E-state index is -4.27. The molecule has 0 aromatic carbocycles. The largest absolute Gasteiger partial charge is 0.391 e. The maximum absolute atomic E-state index is 13.3. The van der Waals surface area contributed by atoms with Crippen molar-refractivity contribution in [1.82, 2.24) is 29.9 Å². The van der Waals surface area contributed by atoms with Crippen LogP contribution in [0.1, 0.15) is 41.7 Å². The van der Waals surface area contributed by atoms with Crippen LogP contribution in [0, 0.1) is 18.8 Å². The van der Waals surface area contributed by atoms with Crippen LogP contribution in [0.15, 0.2) is 36.8 Å². The van der Waals surface area contributed by atoms with Crippen LogP contribution in [0.3, 0.4) is 0 Å². The molecule has 0 spiro atoms. The Kier molecular flexibility index (Phi) is 7.14. The van der Waals surface area contributed by atoms with Gasteiger partial charge in [0.2, 0.25) is 5.91 Å². The molecule has 1 aliphatic rings. The van der Waals surface area contributed by atoms with Gasteiger partial charge in [-0.15, -0.1) is 0 Å². The lowest BCUT2D eigenvalue weighted by Crippen LogP contribution is -2.50. The van der Waals surface area contributed by atoms with Gasteiger partial charge in [-0.3, -0.25) is 19.0 Å². The predicted octanol–water partition coefficient (Wildman–Crippen LogP) is 3.63. The van der Waals surface area contributed by atoms with Crippen molar-refractivity contribution in [3.05, 3.63) is 48.0 Å². The topological polar surface area (TPSA) is 107 Å². The Morgan fingerprint density at radius 2 is 1.75 bits per heavy atom. The van der Waals surface area contributed by atoms with E-state index in [9.17, 15) is 22.8 Å². The van der Waals surface area contributed by atoms with Gasteiger partial charge in [0.15, 0.2) is 0 Å². The molecule has 1 aliphatic carbocycles. The van der Waals surface area contributed by atoms with Crippen molar-refractivity contribution in [2.75, 3.05) is 5.32 Å². The van der Waals surface area contributed by atoms with Crippen LogP contribution in [0.25, 0.3) is 11.3 Å². The molecule has 36 heavy (non-hydrogen) atoms. The minimum Gasteiger partial charge on any atom is -0.339 e. The lowest BCUT2D eigenvalue weighted by atomic mass is 9.78. The van der Waals surface area contributed by atoms with E-state index in [2.05, 4.69) is 25.8 Å². The third kappa shape index (κ3) is 5.42. The molecule has 3 aromatic heterocycles. The number of pyridine rings is 1. The van der Waals surface area contributed by atoms with E-state index >= 15 is 0 Å². The highest BCUT2D eigenvalue weighted by atomic mass is 19.4. The smallest absolute Gasteiger partial charge is 0.339 e. The number of hydrogen-bond acceptors (Lipinski definition) is 5. The second kappa shape index (κ2) is 10.1. The molecule has 2 N–H and O–H groups in total. The summed E-state index contributed by atoms with van der Waals surface area (Å²) in [6.07, 6.45) is 0.700. The summed E-state index contributed by atoms with van der Waals surface area (Å²) in [7, 11) is 3.41. The van der Waals surface area contributed by atoms with Gasteiger partial charge in [0, 0.05) is 32.1 Å². The zero-order chi connectivity index (χ0) is 26.0. The van der Waals surface area contributed by atoms with Crippen LogP contribution in [0.4, 0.5) is 19.0 Å². The van der Waals surface area contributed by atoms with Gasteiger partial charge in [-0.1, -0.05) is 0 Å². The van der Waals surface area contributed by atoms with Gasteiger partial charge < -0.3 is 10.6 Å². The molecule has 12 heteroatoms. The number of nitrogens with zero attached hydrogens (tertiary/aromatic N) is 5. The van der Waals surface area contributed by atoms with Gasteiger partial charge in [0.25, 0.3) is 5.91 Å². The van der Waals surface area contributed by atoms with Crippen molar-refractivity contribution >= 4 is 17.6 Å². The van der Waals surface area contributed by atoms with E-state index < -0.39 is 35.9 Å². The monoisotopic (exact) mass is 503 g/mol. The second-order valence-corrected chi connectivity index (χ2v) is 9.17. The second-order valence-electron chi connectivity index (χ2n) is 9.17. The fourth-order valence-corrected chi connectivity index (χ4v) is 4.76. The van der Waals surface area contributed by atoms with E-state index in [1.165, 1.54) is 16.9 Å². The summed E-state index contributed by atoms with van der Waals surface area (Å²) >= 11 is 0. The van der Waals surface area contributed by atoms with Gasteiger partial charge in [-0.05, 0) is 62.3 Å². The SMILES string of the molecule is Cc1cnn(C)c1-c1ccc(NC(=O)C(NC(=O)c2ccnn2C)[C@H]2CC[C@H](C(F)(F)F)CC2)nc1. The van der Waals surface area contributed by atoms with Crippen LogP contribution in [0.5, 0.6) is 0 Å². The summed E-state index contributed by atoms with van der Waals surface area (Å²) in [6, 6.07) is 3.92. The molecule has 4 rings (SSSR count). The van der Waals surface area contributed by atoms with E-state index in [0.717, 1.165) is 16.8 Å². The first-order valence-corrected chi connectivity index (χ1v) is 11.7. The molecule has 1 fully saturated rings. The zero-order valence-electron chi connectivity index (χ0n) is 20.2. The zero-order valence-corrected chi connectivity index (χ0v) is 20.2. The Labute approximate surface area is 206 Å². The molecule has 0 bridgehead atoms. The summed E-state index contributed by atoms with van der Waals surface area (Å²) in [5.41, 5.74) is 2.93. The number of aromatic nitrogens is 5. The van der Waals surface area contributed by atoms with E-state index in [4.69, 9.17) is 0 Å². The third-order valence-electron chi connectivity index (χ3n) is 6.74. The third-order valence-corrected chi connectivity index (χ3v) is 6.74. The Hall–Kier alpha value is -3.70. The van der Waals surface area contributed by atoms with E-state index in [0.29, 0.717) is 0 Å². The number of aryl methyl sites for hydroxylation is 3. The van der Waals surface area contributed by atoms with Gasteiger partial charge in [-0.25, -0.2) is 4.98 Å². The molecular formula is C24H28F3N7O2. The number of anilines is 1. The number of halogens is 3. The van der Waals surface area contributed by atoms with Crippen LogP contribution in [0.2, 0.25) is 0 Å². The molecule has 2 amide bonds. The van der Waals surface area contributed by atoms with Crippen molar-refractivity contribution in [2.24, 2.45) is 25.9 Å². The van der Waals surface area contributed by atoms with Gasteiger partial charge in [0.1, 0.15) is 17.6 Å².